The first-order valence-electron chi connectivity index (χ1n) is 21.6. The van der Waals surface area contributed by atoms with Crippen LogP contribution in [0.25, 0.3) is 27.8 Å². The molecule has 0 amide bonds. The molecule has 6 aromatic rings. The van der Waals surface area contributed by atoms with Gasteiger partial charge in [0.15, 0.2) is 5.69 Å². The van der Waals surface area contributed by atoms with Gasteiger partial charge in [-0.2, -0.15) is 0 Å². The Morgan fingerprint density at radius 2 is 1.27 bits per heavy atom. The van der Waals surface area contributed by atoms with Crippen molar-refractivity contribution in [2.45, 2.75) is 92.9 Å². The average molecular weight is 789 g/mol. The Kier molecular flexibility index (Phi) is 14.9. The highest BCUT2D eigenvalue weighted by molar-refractivity contribution is 6.00. The molecule has 5 aromatic carbocycles. The Labute approximate surface area is 351 Å². The quantitative estimate of drug-likeness (QED) is 0.0289. The summed E-state index contributed by atoms with van der Waals surface area (Å²) in [6.07, 6.45) is 13.5. The summed E-state index contributed by atoms with van der Waals surface area (Å²) in [5.41, 5.74) is 30.4. The van der Waals surface area contributed by atoms with E-state index in [0.717, 1.165) is 105 Å². The molecular formula is C51H64N8+2. The summed E-state index contributed by atoms with van der Waals surface area (Å²) >= 11 is 0. The van der Waals surface area contributed by atoms with Crippen molar-refractivity contribution in [3.63, 3.8) is 0 Å². The molecule has 306 valence electrons. The fraction of sp³-hybridized carbons (Fsp3) is 0.314. The Morgan fingerprint density at radius 1 is 0.678 bits per heavy atom. The van der Waals surface area contributed by atoms with Crippen molar-refractivity contribution < 1.29 is 9.88 Å². The number of rotatable bonds is 16. The molecule has 0 atom stereocenters. The molecule has 1 heterocycles. The van der Waals surface area contributed by atoms with Crippen molar-refractivity contribution in [2.24, 2.45) is 10.7 Å². The number of aliphatic imine (C=N–C) groups is 1. The van der Waals surface area contributed by atoms with Crippen molar-refractivity contribution in [2.75, 3.05) is 29.5 Å². The Morgan fingerprint density at radius 3 is 1.93 bits per heavy atom. The second-order valence-corrected chi connectivity index (χ2v) is 15.5. The minimum Gasteiger partial charge on any atom is -0.399 e. The van der Waals surface area contributed by atoms with Crippen molar-refractivity contribution in [3.05, 3.63) is 137 Å². The minimum atomic E-state index is 0.747. The number of benzene rings is 5. The number of para-hydroxylation sites is 2. The molecule has 0 aliphatic heterocycles. The lowest BCUT2D eigenvalue weighted by Crippen LogP contribution is -2.71. The van der Waals surface area contributed by atoms with Gasteiger partial charge in [0.25, 0.3) is 0 Å². The molecule has 0 spiro atoms. The van der Waals surface area contributed by atoms with Crippen LogP contribution < -0.4 is 32.0 Å². The standard InChI is InChI=1S/C49H56N8.C2H6/c1-33-28-38(22-23-40(33)50)54-43-25-24-42(36(4)49(43)55-37-18-12-10-13-19-37)52-26-16-8-6-5-7-9-17-27-53-44-32-48-46(30-35(44)3)56-45-29-34(2)41(51)31-47(45)57(48)39-20-14-11-15-21-39;1-2/h10-15,18-21,23-25,28-32,52,55H,5-9,16-17,22,26-27,50H2,1-4H3,(H2,51,53);1-2H3/p+2. The summed E-state index contributed by atoms with van der Waals surface area (Å²) < 4.78 is 2.29. The topological polar surface area (TPSA) is 122 Å². The van der Waals surface area contributed by atoms with Crippen LogP contribution in [0.4, 0.5) is 34.1 Å². The van der Waals surface area contributed by atoms with Crippen LogP contribution in [0.2, 0.25) is 0 Å². The highest BCUT2D eigenvalue weighted by Gasteiger charge is 2.22. The summed E-state index contributed by atoms with van der Waals surface area (Å²) in [7, 11) is 0. The van der Waals surface area contributed by atoms with Crippen molar-refractivity contribution >= 4 is 61.9 Å². The van der Waals surface area contributed by atoms with E-state index >= 15 is 0 Å². The molecule has 1 aliphatic rings. The third-order valence-electron chi connectivity index (χ3n) is 11.1. The molecule has 7 rings (SSSR count). The van der Waals surface area contributed by atoms with Crippen molar-refractivity contribution in [1.29, 1.82) is 0 Å². The van der Waals surface area contributed by atoms with Crippen LogP contribution in [-0.4, -0.2) is 23.8 Å². The summed E-state index contributed by atoms with van der Waals surface area (Å²) in [4.78, 5) is 10.2. The van der Waals surface area contributed by atoms with Gasteiger partial charge in [-0.3, -0.25) is 5.32 Å². The van der Waals surface area contributed by atoms with Crippen molar-refractivity contribution in [1.82, 2.24) is 4.98 Å². The maximum atomic E-state index is 6.40. The van der Waals surface area contributed by atoms with Crippen molar-refractivity contribution in [3.8, 4) is 5.69 Å². The van der Waals surface area contributed by atoms with E-state index in [2.05, 4.69) is 144 Å². The molecule has 0 radical (unpaired) electrons. The fourth-order valence-corrected chi connectivity index (χ4v) is 7.70. The van der Waals surface area contributed by atoms with Crippen LogP contribution in [0.1, 0.15) is 88.8 Å². The minimum absolute atomic E-state index is 0.747. The van der Waals surface area contributed by atoms with E-state index in [1.807, 2.05) is 27.7 Å². The van der Waals surface area contributed by atoms with Gasteiger partial charge in [-0.1, -0.05) is 88.4 Å². The van der Waals surface area contributed by atoms with E-state index in [-0.39, 0.29) is 0 Å². The van der Waals surface area contributed by atoms with Crippen LogP contribution in [0.3, 0.4) is 0 Å². The zero-order valence-electron chi connectivity index (χ0n) is 36.0. The molecule has 8 nitrogen and oxygen atoms in total. The lowest BCUT2D eigenvalue weighted by molar-refractivity contribution is -0.538. The molecule has 0 saturated heterocycles. The zero-order valence-corrected chi connectivity index (χ0v) is 36.0. The highest BCUT2D eigenvalue weighted by Crippen LogP contribution is 2.33. The number of nitrogen functional groups attached to an aromatic ring is 1. The van der Waals surface area contributed by atoms with E-state index in [0.29, 0.717) is 0 Å². The first-order valence-corrected chi connectivity index (χ1v) is 21.6. The van der Waals surface area contributed by atoms with Gasteiger partial charge >= 0.3 is 0 Å². The molecule has 8 heteroatoms. The predicted molar refractivity (Wildman–Crippen MR) is 252 cm³/mol. The Hall–Kier alpha value is -5.99. The number of nitrogens with one attached hydrogen (secondary N) is 2. The molecule has 8 N–H and O–H groups in total. The lowest BCUT2D eigenvalue weighted by Gasteiger charge is -2.15. The number of hydrogen-bond donors (Lipinski definition) is 5. The van der Waals surface area contributed by atoms with Gasteiger partial charge < -0.3 is 22.1 Å². The maximum absolute atomic E-state index is 6.40. The third kappa shape index (κ3) is 10.7. The SMILES string of the molecule is CC.CC1=CC(=Nc2ccc(NCCCCCCCCCNc3cc4c(cc3C)nc3cc(C)c(N)cc3[n+]4-c3ccccc3)c(C)c2[NH2+]c2ccccc2)CC=C1N. The van der Waals surface area contributed by atoms with Gasteiger partial charge in [-0.25, -0.2) is 9.98 Å². The Bertz CT molecular complexity index is 2450. The maximum Gasteiger partial charge on any atom is 0.239 e. The molecule has 59 heavy (non-hydrogen) atoms. The first kappa shape index (κ1) is 42.6. The number of nitrogens with zero attached hydrogens (tertiary/aromatic N) is 3. The molecular weight excluding hydrogens is 725 g/mol. The molecule has 0 bridgehead atoms. The van der Waals surface area contributed by atoms with Gasteiger partial charge in [0.05, 0.1) is 0 Å². The van der Waals surface area contributed by atoms with Gasteiger partial charge in [-0.15, -0.1) is 4.57 Å². The second-order valence-electron chi connectivity index (χ2n) is 15.5. The summed E-state index contributed by atoms with van der Waals surface area (Å²) in [5, 5.41) is 9.73. The van der Waals surface area contributed by atoms with Gasteiger partial charge in [0, 0.05) is 77.8 Å². The zero-order chi connectivity index (χ0) is 41.7. The van der Waals surface area contributed by atoms with Crippen LogP contribution in [-0.2, 0) is 0 Å². The monoisotopic (exact) mass is 789 g/mol. The van der Waals surface area contributed by atoms with E-state index in [1.165, 1.54) is 54.6 Å². The van der Waals surface area contributed by atoms with Crippen LogP contribution in [0.5, 0.6) is 0 Å². The van der Waals surface area contributed by atoms with Gasteiger partial charge in [-0.05, 0) is 99.7 Å². The van der Waals surface area contributed by atoms with Gasteiger partial charge in [0.1, 0.15) is 22.4 Å². The lowest BCUT2D eigenvalue weighted by atomic mass is 10.0. The van der Waals surface area contributed by atoms with E-state index in [9.17, 15) is 0 Å². The highest BCUT2D eigenvalue weighted by atomic mass is 15.0. The number of hydrogen-bond acceptors (Lipinski definition) is 6. The fourth-order valence-electron chi connectivity index (χ4n) is 7.70. The molecule has 0 saturated carbocycles. The van der Waals surface area contributed by atoms with Gasteiger partial charge in [0.2, 0.25) is 16.7 Å². The number of unbranched alkanes of at least 4 members (excludes halogenated alkanes) is 6. The predicted octanol–water partition coefficient (Wildman–Crippen LogP) is 11.2. The van der Waals surface area contributed by atoms with E-state index in [4.69, 9.17) is 21.4 Å². The number of quaternary nitrogens is 1. The number of fused-ring (bicyclic) bond motifs is 2. The average Bonchev–Trinajstić information content (AvgIpc) is 3.24. The largest absolute Gasteiger partial charge is 0.399 e. The summed E-state index contributed by atoms with van der Waals surface area (Å²) in [5.74, 6) is 0. The number of aromatic nitrogens is 2. The molecule has 0 fully saturated rings. The van der Waals surface area contributed by atoms with E-state index < -0.39 is 0 Å². The van der Waals surface area contributed by atoms with Crippen LogP contribution in [0.15, 0.2) is 125 Å². The summed E-state index contributed by atoms with van der Waals surface area (Å²) in [6, 6.07) is 33.9. The van der Waals surface area contributed by atoms with E-state index in [1.54, 1.807) is 0 Å². The molecule has 0 unspecified atom stereocenters. The van der Waals surface area contributed by atoms with Crippen LogP contribution >= 0.6 is 0 Å². The third-order valence-corrected chi connectivity index (χ3v) is 11.1. The number of nitrogens with two attached hydrogens (primary N) is 3. The summed E-state index contributed by atoms with van der Waals surface area (Å²) in [6.45, 7) is 14.4. The first-order chi connectivity index (χ1) is 28.7. The number of allylic oxidation sites excluding steroid dienone is 3. The normalized spacial score (nSPS) is 13.2. The molecule has 1 aromatic heterocycles. The van der Waals surface area contributed by atoms with Crippen LogP contribution in [0, 0.1) is 20.8 Å². The second kappa shape index (κ2) is 20.6. The molecule has 1 aliphatic carbocycles. The Balaban J connectivity index is 0.00000288. The smallest absolute Gasteiger partial charge is 0.239 e. The number of anilines is 3. The number of aryl methyl sites for hydroxylation is 2.